The number of fused-ring (bicyclic) bond motifs is 1. The summed E-state index contributed by atoms with van der Waals surface area (Å²) in [6, 6.07) is 3.92. The molecule has 0 radical (unpaired) electrons. The predicted molar refractivity (Wildman–Crippen MR) is 118 cm³/mol. The predicted octanol–water partition coefficient (Wildman–Crippen LogP) is 2.36. The molecule has 4 heterocycles. The Morgan fingerprint density at radius 3 is 2.71 bits per heavy atom. The first-order valence-electron chi connectivity index (χ1n) is 11.0. The van der Waals surface area contributed by atoms with E-state index >= 15 is 0 Å². The second-order valence-corrected chi connectivity index (χ2v) is 10.7. The molecule has 2 aromatic rings. The van der Waals surface area contributed by atoms with Gasteiger partial charge in [0, 0.05) is 50.0 Å². The molecule has 1 N–H and O–H groups in total. The van der Waals surface area contributed by atoms with Crippen LogP contribution >= 0.6 is 0 Å². The highest BCUT2D eigenvalue weighted by atomic mass is 32.2. The van der Waals surface area contributed by atoms with Crippen molar-refractivity contribution in [2.24, 2.45) is 11.8 Å². The first-order valence-corrected chi connectivity index (χ1v) is 12.6. The van der Waals surface area contributed by atoms with Crippen molar-refractivity contribution in [3.63, 3.8) is 0 Å². The lowest BCUT2D eigenvalue weighted by Gasteiger charge is -2.29. The Morgan fingerprint density at radius 2 is 2.00 bits per heavy atom. The molecule has 0 atom stereocenters. The van der Waals surface area contributed by atoms with Crippen molar-refractivity contribution in [2.75, 3.05) is 37.5 Å². The third-order valence-electron chi connectivity index (χ3n) is 6.46. The lowest BCUT2D eigenvalue weighted by molar-refractivity contribution is -0.118. The van der Waals surface area contributed by atoms with Gasteiger partial charge in [-0.25, -0.2) is 18.1 Å². The van der Waals surface area contributed by atoms with Gasteiger partial charge in [-0.15, -0.1) is 0 Å². The Balaban J connectivity index is 1.31. The van der Waals surface area contributed by atoms with Gasteiger partial charge < -0.3 is 4.74 Å². The minimum Gasteiger partial charge on any atom is -0.381 e. The molecule has 31 heavy (non-hydrogen) atoms. The summed E-state index contributed by atoms with van der Waals surface area (Å²) >= 11 is 0. The van der Waals surface area contributed by atoms with E-state index in [1.807, 2.05) is 24.4 Å². The molecule has 1 saturated heterocycles. The van der Waals surface area contributed by atoms with E-state index in [1.165, 1.54) is 0 Å². The monoisotopic (exact) mass is 444 g/mol. The lowest BCUT2D eigenvalue weighted by atomic mass is 9.99. The molecule has 0 spiro atoms. The number of carbonyl (C=O) groups excluding carboxylic acids is 1. The van der Waals surface area contributed by atoms with Crippen molar-refractivity contribution in [3.05, 3.63) is 36.2 Å². The number of sulfonamides is 1. The summed E-state index contributed by atoms with van der Waals surface area (Å²) in [4.78, 5) is 16.6. The number of nitrogens with zero attached hydrogens (tertiary/aromatic N) is 3. The van der Waals surface area contributed by atoms with Crippen LogP contribution in [0.15, 0.2) is 30.6 Å². The number of aromatic nitrogens is 2. The van der Waals surface area contributed by atoms with Crippen LogP contribution in [-0.4, -0.2) is 60.3 Å². The summed E-state index contributed by atoms with van der Waals surface area (Å²) in [7, 11) is -3.27. The van der Waals surface area contributed by atoms with Gasteiger partial charge in [0.1, 0.15) is 0 Å². The fourth-order valence-electron chi connectivity index (χ4n) is 4.43. The van der Waals surface area contributed by atoms with Crippen LogP contribution in [0.25, 0.3) is 16.6 Å². The van der Waals surface area contributed by atoms with Crippen molar-refractivity contribution in [1.82, 2.24) is 14.0 Å². The van der Waals surface area contributed by atoms with Crippen LogP contribution in [0.4, 0.5) is 0 Å². The number of pyridine rings is 1. The Bertz CT molecular complexity index is 1110. The quantitative estimate of drug-likeness (QED) is 0.738. The van der Waals surface area contributed by atoms with Crippen molar-refractivity contribution in [3.8, 4) is 0 Å². The Kier molecular flexibility index (Phi) is 5.58. The molecule has 8 nitrogen and oxygen atoms in total. The third-order valence-corrected chi connectivity index (χ3v) is 8.48. The van der Waals surface area contributed by atoms with Gasteiger partial charge in [-0.2, -0.15) is 4.31 Å². The maximum Gasteiger partial charge on any atom is 0.241 e. The second kappa shape index (κ2) is 8.37. The van der Waals surface area contributed by atoms with Crippen LogP contribution in [-0.2, 0) is 19.6 Å². The Labute approximate surface area is 182 Å². The number of hydrogen-bond donors (Lipinski definition) is 1. The van der Waals surface area contributed by atoms with Gasteiger partial charge in [-0.1, -0.05) is 6.08 Å². The van der Waals surface area contributed by atoms with Crippen molar-refractivity contribution in [1.29, 1.82) is 0 Å². The van der Waals surface area contributed by atoms with Crippen LogP contribution in [0.3, 0.4) is 0 Å². The molecular weight excluding hydrogens is 416 g/mol. The number of hydrogen-bond acceptors (Lipinski definition) is 5. The highest BCUT2D eigenvalue weighted by Gasteiger charge is 2.31. The zero-order valence-corrected chi connectivity index (χ0v) is 18.3. The lowest BCUT2D eigenvalue weighted by Crippen LogP contribution is -2.39. The molecule has 0 bridgehead atoms. The maximum atomic E-state index is 12.9. The van der Waals surface area contributed by atoms with Gasteiger partial charge in [0.2, 0.25) is 15.9 Å². The molecule has 2 aromatic heterocycles. The van der Waals surface area contributed by atoms with E-state index in [0.717, 1.165) is 42.2 Å². The van der Waals surface area contributed by atoms with Gasteiger partial charge in [0.15, 0.2) is 5.65 Å². The van der Waals surface area contributed by atoms with Gasteiger partial charge in [0.05, 0.1) is 5.75 Å². The van der Waals surface area contributed by atoms with Crippen LogP contribution < -0.4 is 5.43 Å². The van der Waals surface area contributed by atoms with E-state index < -0.39 is 10.0 Å². The van der Waals surface area contributed by atoms with Crippen LogP contribution in [0.2, 0.25) is 0 Å². The van der Waals surface area contributed by atoms with Gasteiger partial charge in [-0.3, -0.25) is 10.2 Å². The minimum atomic E-state index is -3.27. The molecule has 2 aliphatic heterocycles. The zero-order chi connectivity index (χ0) is 21.4. The van der Waals surface area contributed by atoms with Gasteiger partial charge >= 0.3 is 0 Å². The van der Waals surface area contributed by atoms with E-state index in [1.54, 1.807) is 15.2 Å². The first kappa shape index (κ1) is 20.7. The van der Waals surface area contributed by atoms with Gasteiger partial charge in [-0.05, 0) is 61.3 Å². The normalized spacial score (nSPS) is 21.2. The van der Waals surface area contributed by atoms with E-state index in [0.29, 0.717) is 38.4 Å². The largest absolute Gasteiger partial charge is 0.381 e. The van der Waals surface area contributed by atoms with Crippen molar-refractivity contribution in [2.45, 2.75) is 32.1 Å². The molecule has 1 amide bonds. The van der Waals surface area contributed by atoms with E-state index in [-0.39, 0.29) is 23.5 Å². The summed E-state index contributed by atoms with van der Waals surface area (Å²) in [6.45, 7) is 2.19. The second-order valence-electron chi connectivity index (χ2n) is 8.70. The van der Waals surface area contributed by atoms with Crippen LogP contribution in [0.5, 0.6) is 0 Å². The number of rotatable bonds is 6. The Morgan fingerprint density at radius 1 is 1.19 bits per heavy atom. The van der Waals surface area contributed by atoms with Crippen molar-refractivity contribution < 1.29 is 17.9 Å². The molecule has 166 valence electrons. The summed E-state index contributed by atoms with van der Waals surface area (Å²) in [5, 5.41) is 0.961. The summed E-state index contributed by atoms with van der Waals surface area (Å²) in [5.74, 6) is 0.556. The number of amides is 1. The average Bonchev–Trinajstić information content (AvgIpc) is 3.56. The first-order chi connectivity index (χ1) is 15.0. The van der Waals surface area contributed by atoms with Gasteiger partial charge in [0.25, 0.3) is 0 Å². The molecule has 0 aromatic carbocycles. The fraction of sp³-hybridized carbons (Fsp3) is 0.545. The standard InChI is InChI=1S/C22H28N4O4S/c27-22(18-1-2-18)24-26-12-6-20-19(3-9-23-21(20)26)17-4-10-25(11-5-17)31(28,29)15-16-7-13-30-14-8-16/h3-4,6,9,12,16,18H,1-2,5,7-8,10-11,13-15H2,(H,24,27). The molecule has 3 aliphatic rings. The average molecular weight is 445 g/mol. The molecule has 1 aliphatic carbocycles. The molecule has 0 unspecified atom stereocenters. The van der Waals surface area contributed by atoms with E-state index in [4.69, 9.17) is 4.74 Å². The Hall–Kier alpha value is -2.23. The molecule has 1 saturated carbocycles. The van der Waals surface area contributed by atoms with Crippen molar-refractivity contribution >= 4 is 32.5 Å². The highest BCUT2D eigenvalue weighted by Crippen LogP contribution is 2.31. The summed E-state index contributed by atoms with van der Waals surface area (Å²) in [6.07, 6.45) is 9.78. The van der Waals surface area contributed by atoms with Crippen LogP contribution in [0.1, 0.15) is 37.7 Å². The maximum absolute atomic E-state index is 12.9. The zero-order valence-electron chi connectivity index (χ0n) is 17.5. The minimum absolute atomic E-state index is 0.0342. The third kappa shape index (κ3) is 4.40. The number of nitrogens with one attached hydrogen (secondary N) is 1. The molecule has 9 heteroatoms. The molecular formula is C22H28N4O4S. The number of carbonyl (C=O) groups is 1. The number of ether oxygens (including phenoxy) is 1. The summed E-state index contributed by atoms with van der Waals surface area (Å²) in [5.41, 5.74) is 5.80. The van der Waals surface area contributed by atoms with E-state index in [2.05, 4.69) is 10.4 Å². The molecule has 2 fully saturated rings. The highest BCUT2D eigenvalue weighted by molar-refractivity contribution is 7.89. The SMILES string of the molecule is O=C(Nn1ccc2c(C3=CCN(S(=O)(=O)CC4CCOCC4)CC3)ccnc21)C1CC1. The van der Waals surface area contributed by atoms with E-state index in [9.17, 15) is 13.2 Å². The van der Waals surface area contributed by atoms with Crippen LogP contribution in [0, 0.1) is 11.8 Å². The topological polar surface area (TPSA) is 93.5 Å². The molecule has 5 rings (SSSR count). The fourth-order valence-corrected chi connectivity index (χ4v) is 6.24. The smallest absolute Gasteiger partial charge is 0.241 e. The summed E-state index contributed by atoms with van der Waals surface area (Å²) < 4.78 is 34.4.